The van der Waals surface area contributed by atoms with E-state index in [-0.39, 0.29) is 24.0 Å². The summed E-state index contributed by atoms with van der Waals surface area (Å²) in [5, 5.41) is 6.58. The van der Waals surface area contributed by atoms with E-state index >= 15 is 0 Å². The number of hydrogen-bond donors (Lipinski definition) is 2. The molecule has 2 N–H and O–H groups in total. The van der Waals surface area contributed by atoms with E-state index in [0.717, 1.165) is 21.7 Å². The molecular formula is C20H22BrIN4O. The maximum atomic E-state index is 5.56. The van der Waals surface area contributed by atoms with E-state index < -0.39 is 0 Å². The molecular weight excluding hydrogens is 519 g/mol. The normalized spacial score (nSPS) is 11.0. The molecule has 0 atom stereocenters. The van der Waals surface area contributed by atoms with Gasteiger partial charge in [0, 0.05) is 23.6 Å². The predicted octanol–water partition coefficient (Wildman–Crippen LogP) is 4.90. The third-order valence-electron chi connectivity index (χ3n) is 3.98. The third kappa shape index (κ3) is 6.07. The summed E-state index contributed by atoms with van der Waals surface area (Å²) >= 11 is 3.49. The summed E-state index contributed by atoms with van der Waals surface area (Å²) in [4.78, 5) is 8.77. The molecule has 7 heteroatoms. The van der Waals surface area contributed by atoms with E-state index in [2.05, 4.69) is 55.6 Å². The zero-order chi connectivity index (χ0) is 18.4. The highest BCUT2D eigenvalue weighted by molar-refractivity contribution is 14.0. The minimum absolute atomic E-state index is 0. The first-order valence-electron chi connectivity index (χ1n) is 8.35. The Kier molecular flexibility index (Phi) is 8.30. The van der Waals surface area contributed by atoms with E-state index in [0.29, 0.717) is 19.0 Å². The fourth-order valence-corrected chi connectivity index (χ4v) is 3.01. The van der Waals surface area contributed by atoms with Crippen molar-refractivity contribution in [3.63, 3.8) is 0 Å². The molecule has 3 aromatic rings. The van der Waals surface area contributed by atoms with Crippen LogP contribution in [0.5, 0.6) is 0 Å². The molecule has 0 unspecified atom stereocenters. The molecule has 2 aromatic carbocycles. The number of nitrogens with one attached hydrogen (secondary N) is 2. The number of hydrogen-bond acceptors (Lipinski definition) is 3. The van der Waals surface area contributed by atoms with Gasteiger partial charge in [-0.1, -0.05) is 40.2 Å². The summed E-state index contributed by atoms with van der Waals surface area (Å²) in [5.41, 5.74) is 4.24. The van der Waals surface area contributed by atoms with Gasteiger partial charge in [0.15, 0.2) is 5.96 Å². The maximum Gasteiger partial charge on any atom is 0.226 e. The summed E-state index contributed by atoms with van der Waals surface area (Å²) < 4.78 is 6.64. The molecule has 0 aliphatic carbocycles. The molecule has 0 saturated heterocycles. The van der Waals surface area contributed by atoms with Crippen LogP contribution >= 0.6 is 39.9 Å². The second-order valence-corrected chi connectivity index (χ2v) is 6.78. The summed E-state index contributed by atoms with van der Waals surface area (Å²) in [6.45, 7) is 3.33. The average molecular weight is 541 g/mol. The van der Waals surface area contributed by atoms with Crippen molar-refractivity contribution in [2.75, 3.05) is 7.05 Å². The van der Waals surface area contributed by atoms with E-state index in [4.69, 9.17) is 4.42 Å². The van der Waals surface area contributed by atoms with Crippen molar-refractivity contribution in [3.8, 4) is 11.5 Å². The molecule has 27 heavy (non-hydrogen) atoms. The number of aromatic nitrogens is 1. The van der Waals surface area contributed by atoms with Crippen LogP contribution in [-0.4, -0.2) is 18.0 Å². The summed E-state index contributed by atoms with van der Waals surface area (Å²) in [6.07, 6.45) is 1.67. The van der Waals surface area contributed by atoms with Crippen LogP contribution in [-0.2, 0) is 13.1 Å². The van der Waals surface area contributed by atoms with E-state index in [1.54, 1.807) is 13.3 Å². The number of aliphatic imine (C=N–C) groups is 1. The van der Waals surface area contributed by atoms with Crippen LogP contribution in [0.1, 0.15) is 16.8 Å². The Morgan fingerprint density at radius 1 is 1.11 bits per heavy atom. The van der Waals surface area contributed by atoms with Gasteiger partial charge >= 0.3 is 0 Å². The topological polar surface area (TPSA) is 62.5 Å². The second-order valence-electron chi connectivity index (χ2n) is 5.86. The van der Waals surface area contributed by atoms with Gasteiger partial charge in [-0.25, -0.2) is 4.98 Å². The highest BCUT2D eigenvalue weighted by Crippen LogP contribution is 2.18. The Morgan fingerprint density at radius 2 is 1.85 bits per heavy atom. The van der Waals surface area contributed by atoms with Gasteiger partial charge in [-0.2, -0.15) is 0 Å². The van der Waals surface area contributed by atoms with Gasteiger partial charge in [0.1, 0.15) is 6.26 Å². The maximum absolute atomic E-state index is 5.56. The van der Waals surface area contributed by atoms with Gasteiger partial charge in [0.25, 0.3) is 0 Å². The molecule has 0 radical (unpaired) electrons. The van der Waals surface area contributed by atoms with Crippen molar-refractivity contribution in [2.24, 2.45) is 4.99 Å². The highest BCUT2D eigenvalue weighted by Gasteiger charge is 2.07. The molecule has 5 nitrogen and oxygen atoms in total. The van der Waals surface area contributed by atoms with Crippen LogP contribution in [0.4, 0.5) is 0 Å². The Bertz CT molecular complexity index is 896. The van der Waals surface area contributed by atoms with Crippen LogP contribution in [0, 0.1) is 6.92 Å². The smallest absolute Gasteiger partial charge is 0.226 e. The van der Waals surface area contributed by atoms with Crippen LogP contribution in [0.15, 0.2) is 68.7 Å². The number of rotatable bonds is 5. The Hall–Kier alpha value is -1.87. The Morgan fingerprint density at radius 3 is 2.56 bits per heavy atom. The molecule has 1 heterocycles. The predicted molar refractivity (Wildman–Crippen MR) is 123 cm³/mol. The molecule has 3 rings (SSSR count). The van der Waals surface area contributed by atoms with Gasteiger partial charge in [-0.3, -0.25) is 4.99 Å². The number of nitrogens with zero attached hydrogens (tertiary/aromatic N) is 2. The number of halogens is 2. The third-order valence-corrected chi connectivity index (χ3v) is 4.48. The van der Waals surface area contributed by atoms with Crippen molar-refractivity contribution in [2.45, 2.75) is 20.0 Å². The van der Waals surface area contributed by atoms with Gasteiger partial charge in [-0.05, 0) is 42.3 Å². The van der Waals surface area contributed by atoms with Gasteiger partial charge in [0.2, 0.25) is 5.89 Å². The monoisotopic (exact) mass is 540 g/mol. The Labute approximate surface area is 184 Å². The minimum atomic E-state index is 0. The molecule has 142 valence electrons. The van der Waals surface area contributed by atoms with Crippen molar-refractivity contribution in [3.05, 3.63) is 76.1 Å². The number of oxazole rings is 1. The van der Waals surface area contributed by atoms with Crippen LogP contribution in [0.2, 0.25) is 0 Å². The first kappa shape index (κ1) is 21.4. The first-order valence-corrected chi connectivity index (χ1v) is 9.14. The van der Waals surface area contributed by atoms with E-state index in [1.807, 2.05) is 36.4 Å². The summed E-state index contributed by atoms with van der Waals surface area (Å²) in [7, 11) is 1.75. The van der Waals surface area contributed by atoms with E-state index in [9.17, 15) is 0 Å². The number of benzene rings is 2. The lowest BCUT2D eigenvalue weighted by molar-refractivity contribution is 0.572. The SMILES string of the molecule is CN=C(NCc1coc(-c2ccccc2)n1)NCc1ccc(Br)cc1C.I. The lowest BCUT2D eigenvalue weighted by Crippen LogP contribution is -2.36. The first-order chi connectivity index (χ1) is 12.7. The minimum Gasteiger partial charge on any atom is -0.444 e. The van der Waals surface area contributed by atoms with E-state index in [1.165, 1.54) is 11.1 Å². The second kappa shape index (κ2) is 10.5. The molecule has 0 aliphatic rings. The summed E-state index contributed by atoms with van der Waals surface area (Å²) in [5.74, 6) is 1.34. The molecule has 0 bridgehead atoms. The van der Waals surface area contributed by atoms with Crippen LogP contribution in [0.3, 0.4) is 0 Å². The summed E-state index contributed by atoms with van der Waals surface area (Å²) in [6, 6.07) is 16.1. The van der Waals surface area contributed by atoms with Crippen molar-refractivity contribution >= 4 is 45.9 Å². The quantitative estimate of drug-likeness (QED) is 0.274. The number of aryl methyl sites for hydroxylation is 1. The number of guanidine groups is 1. The molecule has 1 aromatic heterocycles. The zero-order valence-corrected chi connectivity index (χ0v) is 19.1. The Balaban J connectivity index is 0.00000261. The van der Waals surface area contributed by atoms with Gasteiger partial charge in [-0.15, -0.1) is 24.0 Å². The largest absolute Gasteiger partial charge is 0.444 e. The van der Waals surface area contributed by atoms with Gasteiger partial charge < -0.3 is 15.1 Å². The fraction of sp³-hybridized carbons (Fsp3) is 0.200. The fourth-order valence-electron chi connectivity index (χ4n) is 2.53. The van der Waals surface area contributed by atoms with Crippen molar-refractivity contribution < 1.29 is 4.42 Å². The van der Waals surface area contributed by atoms with Crippen molar-refractivity contribution in [1.82, 2.24) is 15.6 Å². The van der Waals surface area contributed by atoms with Gasteiger partial charge in [0.05, 0.1) is 12.2 Å². The highest BCUT2D eigenvalue weighted by atomic mass is 127. The molecule has 0 spiro atoms. The lowest BCUT2D eigenvalue weighted by atomic mass is 10.1. The average Bonchev–Trinajstić information content (AvgIpc) is 3.13. The molecule has 0 fully saturated rings. The lowest BCUT2D eigenvalue weighted by Gasteiger charge is -2.12. The standard InChI is InChI=1S/C20H21BrN4O.HI/c1-14-10-17(21)9-8-16(14)11-23-20(22-2)24-12-18-13-26-19(25-18)15-6-4-3-5-7-15;/h3-10,13H,11-12H2,1-2H3,(H2,22,23,24);1H. The van der Waals surface area contributed by atoms with Crippen LogP contribution < -0.4 is 10.6 Å². The molecule has 0 saturated carbocycles. The van der Waals surface area contributed by atoms with Crippen molar-refractivity contribution in [1.29, 1.82) is 0 Å². The molecule has 0 amide bonds. The molecule has 0 aliphatic heterocycles. The zero-order valence-electron chi connectivity index (χ0n) is 15.2. The van der Waals surface area contributed by atoms with Crippen LogP contribution in [0.25, 0.3) is 11.5 Å².